The Labute approximate surface area is 84.3 Å². The van der Waals surface area contributed by atoms with Crippen molar-refractivity contribution in [3.63, 3.8) is 0 Å². The third-order valence-electron chi connectivity index (χ3n) is 1.82. The standard InChI is InChI=1S/C10H18O4/c1-4-14-9(11)6-8(10(12)13)5-7(2)3/h7-8H,4-6H2,1-3H3,(H,12,13)/t8-/m0/s1. The summed E-state index contributed by atoms with van der Waals surface area (Å²) >= 11 is 0. The van der Waals surface area contributed by atoms with E-state index in [2.05, 4.69) is 0 Å². The molecule has 1 atom stereocenters. The van der Waals surface area contributed by atoms with E-state index in [1.165, 1.54) is 0 Å². The lowest BCUT2D eigenvalue weighted by atomic mass is 9.94. The molecular formula is C10H18O4. The van der Waals surface area contributed by atoms with Gasteiger partial charge in [0.15, 0.2) is 0 Å². The minimum atomic E-state index is -0.924. The summed E-state index contributed by atoms with van der Waals surface area (Å²) in [6.07, 6.45) is 0.482. The molecule has 0 spiro atoms. The van der Waals surface area contributed by atoms with E-state index in [1.807, 2.05) is 13.8 Å². The molecule has 0 heterocycles. The first-order valence-electron chi connectivity index (χ1n) is 4.85. The highest BCUT2D eigenvalue weighted by Gasteiger charge is 2.22. The number of aliphatic carboxylic acids is 1. The van der Waals surface area contributed by atoms with Gasteiger partial charge in [-0.3, -0.25) is 9.59 Å². The van der Waals surface area contributed by atoms with Crippen LogP contribution in [0.15, 0.2) is 0 Å². The minimum absolute atomic E-state index is 0.0264. The van der Waals surface area contributed by atoms with Gasteiger partial charge < -0.3 is 9.84 Å². The molecule has 0 bridgehead atoms. The van der Waals surface area contributed by atoms with Crippen molar-refractivity contribution in [2.24, 2.45) is 11.8 Å². The van der Waals surface area contributed by atoms with Gasteiger partial charge in [0, 0.05) is 0 Å². The van der Waals surface area contributed by atoms with Crippen molar-refractivity contribution < 1.29 is 19.4 Å². The summed E-state index contributed by atoms with van der Waals surface area (Å²) in [6, 6.07) is 0. The lowest BCUT2D eigenvalue weighted by Crippen LogP contribution is -2.21. The molecule has 0 amide bonds. The molecule has 82 valence electrons. The lowest BCUT2D eigenvalue weighted by Gasteiger charge is -2.13. The molecule has 0 aromatic heterocycles. The van der Waals surface area contributed by atoms with Crippen LogP contribution in [0.4, 0.5) is 0 Å². The Morgan fingerprint density at radius 1 is 1.36 bits per heavy atom. The predicted molar refractivity (Wildman–Crippen MR) is 51.8 cm³/mol. The average Bonchev–Trinajstić information content (AvgIpc) is 2.02. The van der Waals surface area contributed by atoms with Crippen LogP contribution in [0, 0.1) is 11.8 Å². The van der Waals surface area contributed by atoms with E-state index in [9.17, 15) is 9.59 Å². The highest BCUT2D eigenvalue weighted by atomic mass is 16.5. The molecule has 0 saturated heterocycles. The number of rotatable bonds is 6. The zero-order valence-corrected chi connectivity index (χ0v) is 8.95. The number of carbonyl (C=O) groups is 2. The van der Waals surface area contributed by atoms with Gasteiger partial charge in [0.05, 0.1) is 18.9 Å². The molecule has 1 N–H and O–H groups in total. The Morgan fingerprint density at radius 2 is 1.93 bits per heavy atom. The first-order valence-corrected chi connectivity index (χ1v) is 4.85. The monoisotopic (exact) mass is 202 g/mol. The molecule has 0 aliphatic heterocycles. The van der Waals surface area contributed by atoms with Gasteiger partial charge in [-0.2, -0.15) is 0 Å². The van der Waals surface area contributed by atoms with E-state index in [4.69, 9.17) is 9.84 Å². The number of ether oxygens (including phenoxy) is 1. The van der Waals surface area contributed by atoms with E-state index in [0.29, 0.717) is 13.0 Å². The van der Waals surface area contributed by atoms with Crippen LogP contribution in [0.1, 0.15) is 33.6 Å². The highest BCUT2D eigenvalue weighted by Crippen LogP contribution is 2.16. The topological polar surface area (TPSA) is 63.6 Å². The Morgan fingerprint density at radius 3 is 2.29 bits per heavy atom. The van der Waals surface area contributed by atoms with Crippen molar-refractivity contribution in [1.82, 2.24) is 0 Å². The minimum Gasteiger partial charge on any atom is -0.481 e. The van der Waals surface area contributed by atoms with Gasteiger partial charge in [-0.05, 0) is 19.3 Å². The van der Waals surface area contributed by atoms with Crippen molar-refractivity contribution in [3.8, 4) is 0 Å². The fourth-order valence-electron chi connectivity index (χ4n) is 1.26. The molecule has 0 aromatic rings. The SMILES string of the molecule is CCOC(=O)C[C@H](CC(C)C)C(=O)O. The van der Waals surface area contributed by atoms with Crippen molar-refractivity contribution in [2.45, 2.75) is 33.6 Å². The maximum Gasteiger partial charge on any atom is 0.307 e. The van der Waals surface area contributed by atoms with E-state index in [0.717, 1.165) is 0 Å². The van der Waals surface area contributed by atoms with Crippen molar-refractivity contribution in [1.29, 1.82) is 0 Å². The second-order valence-corrected chi connectivity index (χ2v) is 3.67. The number of hydrogen-bond acceptors (Lipinski definition) is 3. The number of esters is 1. The van der Waals surface area contributed by atoms with Gasteiger partial charge in [0.25, 0.3) is 0 Å². The molecule has 0 rings (SSSR count). The maximum atomic E-state index is 11.1. The summed E-state index contributed by atoms with van der Waals surface area (Å²) in [5, 5.41) is 8.83. The first kappa shape index (κ1) is 12.9. The summed E-state index contributed by atoms with van der Waals surface area (Å²) in [5.41, 5.74) is 0. The van der Waals surface area contributed by atoms with E-state index >= 15 is 0 Å². The fourth-order valence-corrected chi connectivity index (χ4v) is 1.26. The summed E-state index contributed by atoms with van der Waals surface area (Å²) in [6.45, 7) is 5.87. The molecular weight excluding hydrogens is 184 g/mol. The molecule has 0 aliphatic rings. The summed E-state index contributed by atoms with van der Waals surface area (Å²) in [5.74, 6) is -1.70. The summed E-state index contributed by atoms with van der Waals surface area (Å²) in [4.78, 5) is 21.8. The van der Waals surface area contributed by atoms with Gasteiger partial charge in [0.2, 0.25) is 0 Å². The Kier molecular flexibility index (Phi) is 5.92. The maximum absolute atomic E-state index is 11.1. The number of hydrogen-bond donors (Lipinski definition) is 1. The summed E-state index contributed by atoms with van der Waals surface area (Å²) in [7, 11) is 0. The lowest BCUT2D eigenvalue weighted by molar-refractivity contribution is -0.151. The smallest absolute Gasteiger partial charge is 0.307 e. The van der Waals surface area contributed by atoms with Crippen LogP contribution >= 0.6 is 0 Å². The number of carboxylic acids is 1. The average molecular weight is 202 g/mol. The van der Waals surface area contributed by atoms with Crippen molar-refractivity contribution in [2.75, 3.05) is 6.61 Å². The normalized spacial score (nSPS) is 12.6. The molecule has 4 nitrogen and oxygen atoms in total. The molecule has 0 unspecified atom stereocenters. The van der Waals surface area contributed by atoms with Gasteiger partial charge in [-0.1, -0.05) is 13.8 Å². The van der Waals surface area contributed by atoms with Crippen LogP contribution in [-0.2, 0) is 14.3 Å². The van der Waals surface area contributed by atoms with Crippen LogP contribution < -0.4 is 0 Å². The number of carboxylic acid groups (broad SMARTS) is 1. The Bertz CT molecular complexity index is 198. The highest BCUT2D eigenvalue weighted by molar-refractivity contribution is 5.78. The molecule has 0 saturated carbocycles. The van der Waals surface area contributed by atoms with Gasteiger partial charge in [-0.25, -0.2) is 0 Å². The molecule has 0 radical (unpaired) electrons. The Balaban J connectivity index is 4.09. The zero-order valence-electron chi connectivity index (χ0n) is 8.95. The third kappa shape index (κ3) is 5.56. The predicted octanol–water partition coefficient (Wildman–Crippen LogP) is 1.69. The van der Waals surface area contributed by atoms with Crippen LogP contribution in [0.5, 0.6) is 0 Å². The quantitative estimate of drug-likeness (QED) is 0.666. The van der Waals surface area contributed by atoms with E-state index < -0.39 is 17.9 Å². The van der Waals surface area contributed by atoms with Crippen molar-refractivity contribution in [3.05, 3.63) is 0 Å². The summed E-state index contributed by atoms with van der Waals surface area (Å²) < 4.78 is 4.70. The molecule has 14 heavy (non-hydrogen) atoms. The molecule has 0 fully saturated rings. The molecule has 0 aromatic carbocycles. The molecule has 4 heteroatoms. The second-order valence-electron chi connectivity index (χ2n) is 3.67. The second kappa shape index (κ2) is 6.40. The van der Waals surface area contributed by atoms with Crippen LogP contribution in [0.25, 0.3) is 0 Å². The third-order valence-corrected chi connectivity index (χ3v) is 1.82. The van der Waals surface area contributed by atoms with E-state index in [-0.39, 0.29) is 12.3 Å². The Hall–Kier alpha value is -1.06. The largest absolute Gasteiger partial charge is 0.481 e. The van der Waals surface area contributed by atoms with E-state index in [1.54, 1.807) is 6.92 Å². The fraction of sp³-hybridized carbons (Fsp3) is 0.800. The van der Waals surface area contributed by atoms with Gasteiger partial charge in [0.1, 0.15) is 0 Å². The van der Waals surface area contributed by atoms with Crippen molar-refractivity contribution >= 4 is 11.9 Å². The van der Waals surface area contributed by atoms with Gasteiger partial charge in [-0.15, -0.1) is 0 Å². The van der Waals surface area contributed by atoms with Crippen LogP contribution in [0.3, 0.4) is 0 Å². The van der Waals surface area contributed by atoms with Gasteiger partial charge >= 0.3 is 11.9 Å². The zero-order chi connectivity index (χ0) is 11.1. The first-order chi connectivity index (χ1) is 6.47. The van der Waals surface area contributed by atoms with Crippen LogP contribution in [0.2, 0.25) is 0 Å². The molecule has 0 aliphatic carbocycles. The number of carbonyl (C=O) groups excluding carboxylic acids is 1. The van der Waals surface area contributed by atoms with Crippen LogP contribution in [-0.4, -0.2) is 23.7 Å².